The summed E-state index contributed by atoms with van der Waals surface area (Å²) >= 11 is 6.37. The number of carbonyl (C=O) groups excluding carboxylic acids is 2. The highest BCUT2D eigenvalue weighted by molar-refractivity contribution is 6.33. The molecule has 7 nitrogen and oxygen atoms in total. The Morgan fingerprint density at radius 1 is 1.11 bits per heavy atom. The van der Waals surface area contributed by atoms with Gasteiger partial charge in [0.1, 0.15) is 11.6 Å². The van der Waals surface area contributed by atoms with Crippen LogP contribution in [0.3, 0.4) is 0 Å². The van der Waals surface area contributed by atoms with Crippen molar-refractivity contribution in [3.8, 4) is 11.3 Å². The lowest BCUT2D eigenvalue weighted by atomic mass is 10.1. The first-order chi connectivity index (χ1) is 17.0. The molecule has 0 saturated carbocycles. The van der Waals surface area contributed by atoms with E-state index in [0.29, 0.717) is 52.0 Å². The molecular weight excluding hydrogens is 469 g/mol. The second-order valence-electron chi connectivity index (χ2n) is 8.12. The van der Waals surface area contributed by atoms with Crippen LogP contribution in [0.5, 0.6) is 0 Å². The van der Waals surface area contributed by atoms with Crippen LogP contribution in [0.25, 0.3) is 11.3 Å². The Hall–Kier alpha value is -4.17. The number of hydrogen-bond acceptors (Lipinski definition) is 4. The second kappa shape index (κ2) is 9.60. The number of anilines is 3. The van der Waals surface area contributed by atoms with Crippen LogP contribution in [0.2, 0.25) is 5.02 Å². The Kier molecular flexibility index (Phi) is 6.20. The molecule has 1 aliphatic heterocycles. The van der Waals surface area contributed by atoms with Gasteiger partial charge in [-0.25, -0.2) is 9.37 Å². The third kappa shape index (κ3) is 4.88. The molecule has 2 aromatic heterocycles. The molecule has 1 aliphatic rings. The summed E-state index contributed by atoms with van der Waals surface area (Å²) in [5.41, 5.74) is 4.71. The van der Waals surface area contributed by atoms with E-state index >= 15 is 0 Å². The molecule has 2 aromatic carbocycles. The minimum atomic E-state index is -0.355. The van der Waals surface area contributed by atoms with Crippen LogP contribution < -0.4 is 16.0 Å². The maximum atomic E-state index is 13.1. The van der Waals surface area contributed by atoms with Gasteiger partial charge in [-0.2, -0.15) is 0 Å². The molecule has 0 spiro atoms. The van der Waals surface area contributed by atoms with Crippen molar-refractivity contribution in [1.29, 1.82) is 0 Å². The number of benzene rings is 2. The number of para-hydroxylation sites is 1. The zero-order valence-corrected chi connectivity index (χ0v) is 19.2. The minimum absolute atomic E-state index is 0.0858. The third-order valence-corrected chi connectivity index (χ3v) is 6.02. The average Bonchev–Trinajstić information content (AvgIpc) is 3.22. The van der Waals surface area contributed by atoms with E-state index < -0.39 is 0 Å². The molecule has 0 bridgehead atoms. The van der Waals surface area contributed by atoms with Crippen LogP contribution in [-0.4, -0.2) is 28.3 Å². The van der Waals surface area contributed by atoms with Crippen molar-refractivity contribution in [2.75, 3.05) is 17.2 Å². The fourth-order valence-corrected chi connectivity index (χ4v) is 4.23. The zero-order valence-electron chi connectivity index (χ0n) is 18.5. The van der Waals surface area contributed by atoms with Gasteiger partial charge in [0.15, 0.2) is 0 Å². The number of hydrogen-bond donors (Lipinski definition) is 4. The van der Waals surface area contributed by atoms with E-state index in [1.807, 2.05) is 18.2 Å². The number of aromatic nitrogens is 2. The van der Waals surface area contributed by atoms with Crippen LogP contribution >= 0.6 is 11.6 Å². The molecule has 0 aliphatic carbocycles. The predicted molar refractivity (Wildman–Crippen MR) is 134 cm³/mol. The molecule has 176 valence electrons. The number of aromatic amines is 1. The highest BCUT2D eigenvalue weighted by atomic mass is 35.5. The van der Waals surface area contributed by atoms with Crippen LogP contribution in [0, 0.1) is 5.82 Å². The first-order valence-corrected chi connectivity index (χ1v) is 11.4. The van der Waals surface area contributed by atoms with E-state index in [1.54, 1.807) is 36.5 Å². The van der Waals surface area contributed by atoms with Gasteiger partial charge in [0, 0.05) is 30.4 Å². The normalized spacial score (nSPS) is 12.6. The summed E-state index contributed by atoms with van der Waals surface area (Å²) in [4.78, 5) is 32.9. The number of rotatable bonds is 6. The standard InChI is InChI=1S/C26H21ClFN5O2/c27-18-3-1-2-4-19(18)31-25-23-20(10-12-30-26(23)35)32-24(25)16-9-11-29-21(14-16)33-22(34)13-15-5-7-17(28)8-6-15/h1-9,11,14,31-32H,10,12-13H2,(H,30,35)(H,29,33,34). The van der Waals surface area contributed by atoms with Crippen LogP contribution in [0.4, 0.5) is 21.6 Å². The van der Waals surface area contributed by atoms with E-state index in [-0.39, 0.29) is 24.1 Å². The lowest BCUT2D eigenvalue weighted by Gasteiger charge is -2.15. The third-order valence-electron chi connectivity index (χ3n) is 5.69. The summed E-state index contributed by atoms with van der Waals surface area (Å²) in [6, 6.07) is 16.6. The van der Waals surface area contributed by atoms with Gasteiger partial charge in [0.25, 0.3) is 5.91 Å². The van der Waals surface area contributed by atoms with Gasteiger partial charge in [0.05, 0.1) is 34.1 Å². The Balaban J connectivity index is 1.46. The summed E-state index contributed by atoms with van der Waals surface area (Å²) in [5, 5.41) is 9.50. The first kappa shape index (κ1) is 22.6. The molecule has 5 rings (SSSR count). The summed E-state index contributed by atoms with van der Waals surface area (Å²) in [6.07, 6.45) is 2.33. The van der Waals surface area contributed by atoms with Gasteiger partial charge in [-0.15, -0.1) is 0 Å². The Morgan fingerprint density at radius 2 is 1.91 bits per heavy atom. The number of halogens is 2. The highest BCUT2D eigenvalue weighted by Gasteiger charge is 2.27. The molecule has 35 heavy (non-hydrogen) atoms. The van der Waals surface area contributed by atoms with Crippen molar-refractivity contribution in [2.24, 2.45) is 0 Å². The molecule has 2 amide bonds. The molecule has 0 fully saturated rings. The summed E-state index contributed by atoms with van der Waals surface area (Å²) in [5.74, 6) is -0.451. The summed E-state index contributed by atoms with van der Waals surface area (Å²) < 4.78 is 13.1. The van der Waals surface area contributed by atoms with Gasteiger partial charge in [-0.3, -0.25) is 9.59 Å². The molecule has 4 N–H and O–H groups in total. The second-order valence-corrected chi connectivity index (χ2v) is 8.53. The molecule has 9 heteroatoms. The maximum Gasteiger partial charge on any atom is 0.255 e. The van der Waals surface area contributed by atoms with E-state index in [1.165, 1.54) is 12.1 Å². The summed E-state index contributed by atoms with van der Waals surface area (Å²) in [6.45, 7) is 0.540. The first-order valence-electron chi connectivity index (χ1n) is 11.0. The van der Waals surface area contributed by atoms with E-state index in [9.17, 15) is 14.0 Å². The Morgan fingerprint density at radius 3 is 2.71 bits per heavy atom. The maximum absolute atomic E-state index is 13.1. The number of pyridine rings is 1. The number of amides is 2. The number of H-pyrrole nitrogens is 1. The lowest BCUT2D eigenvalue weighted by Crippen LogP contribution is -2.31. The van der Waals surface area contributed by atoms with Gasteiger partial charge in [0.2, 0.25) is 5.91 Å². The lowest BCUT2D eigenvalue weighted by molar-refractivity contribution is -0.115. The number of nitrogens with one attached hydrogen (secondary N) is 4. The average molecular weight is 490 g/mol. The Labute approximate surface area is 205 Å². The molecule has 0 unspecified atom stereocenters. The van der Waals surface area contributed by atoms with Gasteiger partial charge in [-0.05, 0) is 42.0 Å². The number of carbonyl (C=O) groups is 2. The molecule has 0 radical (unpaired) electrons. The van der Waals surface area contributed by atoms with Crippen molar-refractivity contribution in [3.05, 3.63) is 94.5 Å². The SMILES string of the molecule is O=C(Cc1ccc(F)cc1)Nc1cc(-c2[nH]c3c(c2Nc2ccccc2Cl)C(=O)NCC3)ccn1. The van der Waals surface area contributed by atoms with Crippen molar-refractivity contribution in [3.63, 3.8) is 0 Å². The van der Waals surface area contributed by atoms with E-state index in [2.05, 4.69) is 25.9 Å². The Bertz CT molecular complexity index is 1420. The summed E-state index contributed by atoms with van der Waals surface area (Å²) in [7, 11) is 0. The quantitative estimate of drug-likeness (QED) is 0.303. The number of fused-ring (bicyclic) bond motifs is 1. The van der Waals surface area contributed by atoms with Crippen molar-refractivity contribution >= 4 is 40.6 Å². The fraction of sp³-hybridized carbons (Fsp3) is 0.115. The van der Waals surface area contributed by atoms with E-state index in [4.69, 9.17) is 11.6 Å². The van der Waals surface area contributed by atoms with Crippen LogP contribution in [0.15, 0.2) is 66.9 Å². The fourth-order valence-electron chi connectivity index (χ4n) is 4.05. The largest absolute Gasteiger partial charge is 0.356 e. The van der Waals surface area contributed by atoms with Crippen LogP contribution in [0.1, 0.15) is 21.6 Å². The minimum Gasteiger partial charge on any atom is -0.356 e. The molecule has 4 aromatic rings. The monoisotopic (exact) mass is 489 g/mol. The van der Waals surface area contributed by atoms with Crippen LogP contribution in [-0.2, 0) is 17.6 Å². The topological polar surface area (TPSA) is 98.9 Å². The number of nitrogens with zero attached hydrogens (tertiary/aromatic N) is 1. The van der Waals surface area contributed by atoms with Crippen molar-refractivity contribution in [2.45, 2.75) is 12.8 Å². The van der Waals surface area contributed by atoms with Crippen molar-refractivity contribution < 1.29 is 14.0 Å². The smallest absolute Gasteiger partial charge is 0.255 e. The zero-order chi connectivity index (χ0) is 24.4. The molecule has 0 saturated heterocycles. The van der Waals surface area contributed by atoms with Gasteiger partial charge < -0.3 is 20.9 Å². The predicted octanol–water partition coefficient (Wildman–Crippen LogP) is 5.08. The highest BCUT2D eigenvalue weighted by Crippen LogP contribution is 2.38. The molecule has 0 atom stereocenters. The van der Waals surface area contributed by atoms with E-state index in [0.717, 1.165) is 11.3 Å². The molecular formula is C26H21ClFN5O2. The van der Waals surface area contributed by atoms with Crippen molar-refractivity contribution in [1.82, 2.24) is 15.3 Å². The van der Waals surface area contributed by atoms with Gasteiger partial charge in [-0.1, -0.05) is 35.9 Å². The molecule has 3 heterocycles. The van der Waals surface area contributed by atoms with Gasteiger partial charge >= 0.3 is 0 Å².